The van der Waals surface area contributed by atoms with Gasteiger partial charge in [0, 0.05) is 37.9 Å². The Morgan fingerprint density at radius 3 is 2.91 bits per heavy atom. The van der Waals surface area contributed by atoms with Crippen molar-refractivity contribution in [3.05, 3.63) is 42.4 Å². The van der Waals surface area contributed by atoms with Crippen molar-refractivity contribution < 1.29 is 0 Å². The molecule has 1 saturated heterocycles. The molecule has 0 aliphatic carbocycles. The summed E-state index contributed by atoms with van der Waals surface area (Å²) < 4.78 is 1.78. The third kappa shape index (κ3) is 2.45. The van der Waals surface area contributed by atoms with Crippen LogP contribution in [-0.2, 0) is 0 Å². The Balaban J connectivity index is 1.31. The normalized spacial score (nSPS) is 15.0. The SMILES string of the molecule is Cc1ccc(N2CC(CNc3ccc4nccn4n3)C2)nn1. The van der Waals surface area contributed by atoms with Crippen LogP contribution in [0.3, 0.4) is 0 Å². The predicted molar refractivity (Wildman–Crippen MR) is 83.9 cm³/mol. The van der Waals surface area contributed by atoms with Gasteiger partial charge in [-0.15, -0.1) is 10.2 Å². The third-order valence-corrected chi connectivity index (χ3v) is 3.89. The summed E-state index contributed by atoms with van der Waals surface area (Å²) in [6, 6.07) is 7.95. The molecule has 112 valence electrons. The van der Waals surface area contributed by atoms with E-state index in [1.54, 1.807) is 10.7 Å². The van der Waals surface area contributed by atoms with Crippen molar-refractivity contribution in [2.24, 2.45) is 5.92 Å². The van der Waals surface area contributed by atoms with Gasteiger partial charge >= 0.3 is 0 Å². The van der Waals surface area contributed by atoms with Crippen LogP contribution in [0, 0.1) is 12.8 Å². The lowest BCUT2D eigenvalue weighted by Gasteiger charge is -2.40. The summed E-state index contributed by atoms with van der Waals surface area (Å²) in [5.41, 5.74) is 1.81. The van der Waals surface area contributed by atoms with Gasteiger partial charge in [-0.25, -0.2) is 9.50 Å². The molecule has 0 aromatic carbocycles. The minimum absolute atomic E-state index is 0.600. The molecule has 1 aliphatic rings. The second-order valence-corrected chi connectivity index (χ2v) is 5.63. The highest BCUT2D eigenvalue weighted by atomic mass is 15.3. The minimum atomic E-state index is 0.600. The molecule has 0 saturated carbocycles. The van der Waals surface area contributed by atoms with E-state index in [4.69, 9.17) is 0 Å². The molecule has 7 heteroatoms. The summed E-state index contributed by atoms with van der Waals surface area (Å²) in [5, 5.41) is 16.2. The van der Waals surface area contributed by atoms with Gasteiger partial charge in [-0.05, 0) is 31.2 Å². The molecule has 0 atom stereocenters. The Hall–Kier alpha value is -2.70. The molecule has 0 amide bonds. The molecule has 0 spiro atoms. The minimum Gasteiger partial charge on any atom is -0.368 e. The zero-order valence-electron chi connectivity index (χ0n) is 12.3. The zero-order valence-corrected chi connectivity index (χ0v) is 12.3. The molecule has 0 radical (unpaired) electrons. The van der Waals surface area contributed by atoms with Crippen LogP contribution in [0.4, 0.5) is 11.6 Å². The summed E-state index contributed by atoms with van der Waals surface area (Å²) in [6.45, 7) is 4.85. The van der Waals surface area contributed by atoms with Crippen molar-refractivity contribution in [3.63, 3.8) is 0 Å². The molecule has 0 unspecified atom stereocenters. The largest absolute Gasteiger partial charge is 0.368 e. The Labute approximate surface area is 128 Å². The van der Waals surface area contributed by atoms with Crippen molar-refractivity contribution >= 4 is 17.3 Å². The fraction of sp³-hybridized carbons (Fsp3) is 0.333. The highest BCUT2D eigenvalue weighted by Crippen LogP contribution is 2.22. The van der Waals surface area contributed by atoms with Crippen LogP contribution in [0.15, 0.2) is 36.7 Å². The molecule has 22 heavy (non-hydrogen) atoms. The van der Waals surface area contributed by atoms with Gasteiger partial charge < -0.3 is 10.2 Å². The maximum Gasteiger partial charge on any atom is 0.153 e. The first-order chi connectivity index (χ1) is 10.8. The zero-order chi connectivity index (χ0) is 14.9. The van der Waals surface area contributed by atoms with Gasteiger partial charge in [0.25, 0.3) is 0 Å². The van der Waals surface area contributed by atoms with E-state index >= 15 is 0 Å². The molecule has 1 aliphatic heterocycles. The first kappa shape index (κ1) is 13.0. The second kappa shape index (κ2) is 5.25. The number of imidazole rings is 1. The number of rotatable bonds is 4. The van der Waals surface area contributed by atoms with Crippen LogP contribution >= 0.6 is 0 Å². The van der Waals surface area contributed by atoms with Gasteiger partial charge in [0.15, 0.2) is 11.5 Å². The number of fused-ring (bicyclic) bond motifs is 1. The highest BCUT2D eigenvalue weighted by Gasteiger charge is 2.27. The summed E-state index contributed by atoms with van der Waals surface area (Å²) in [4.78, 5) is 6.43. The van der Waals surface area contributed by atoms with E-state index in [1.807, 2.05) is 37.4 Å². The Morgan fingerprint density at radius 1 is 1.18 bits per heavy atom. The maximum absolute atomic E-state index is 4.46. The second-order valence-electron chi connectivity index (χ2n) is 5.63. The van der Waals surface area contributed by atoms with Crippen LogP contribution in [0.1, 0.15) is 5.69 Å². The van der Waals surface area contributed by atoms with E-state index in [1.165, 1.54) is 0 Å². The van der Waals surface area contributed by atoms with Crippen LogP contribution in [0.5, 0.6) is 0 Å². The van der Waals surface area contributed by atoms with Crippen LogP contribution in [-0.4, -0.2) is 44.4 Å². The van der Waals surface area contributed by atoms with Crippen molar-refractivity contribution in [1.29, 1.82) is 0 Å². The smallest absolute Gasteiger partial charge is 0.153 e. The van der Waals surface area contributed by atoms with Gasteiger partial charge in [-0.1, -0.05) is 0 Å². The Kier molecular flexibility index (Phi) is 3.10. The third-order valence-electron chi connectivity index (χ3n) is 3.89. The number of hydrogen-bond donors (Lipinski definition) is 1. The monoisotopic (exact) mass is 295 g/mol. The number of aromatic nitrogens is 5. The number of nitrogens with zero attached hydrogens (tertiary/aromatic N) is 6. The number of aryl methyl sites for hydroxylation is 1. The number of nitrogens with one attached hydrogen (secondary N) is 1. The average molecular weight is 295 g/mol. The molecule has 3 aromatic heterocycles. The summed E-state index contributed by atoms with van der Waals surface area (Å²) >= 11 is 0. The predicted octanol–water partition coefficient (Wildman–Crippen LogP) is 1.38. The van der Waals surface area contributed by atoms with E-state index in [9.17, 15) is 0 Å². The van der Waals surface area contributed by atoms with Crippen molar-refractivity contribution in [2.75, 3.05) is 29.9 Å². The molecule has 0 bridgehead atoms. The van der Waals surface area contributed by atoms with Crippen LogP contribution in [0.25, 0.3) is 5.65 Å². The van der Waals surface area contributed by atoms with E-state index in [2.05, 4.69) is 30.5 Å². The van der Waals surface area contributed by atoms with Crippen molar-refractivity contribution in [2.45, 2.75) is 6.92 Å². The van der Waals surface area contributed by atoms with E-state index in [0.29, 0.717) is 5.92 Å². The highest BCUT2D eigenvalue weighted by molar-refractivity contribution is 5.45. The Bertz CT molecular complexity index is 774. The molecule has 4 heterocycles. The van der Waals surface area contributed by atoms with E-state index in [-0.39, 0.29) is 0 Å². The lowest BCUT2D eigenvalue weighted by molar-refractivity contribution is 0.425. The first-order valence-corrected chi connectivity index (χ1v) is 7.37. The van der Waals surface area contributed by atoms with Crippen LogP contribution in [0.2, 0.25) is 0 Å². The molecule has 1 fully saturated rings. The molecule has 7 nitrogen and oxygen atoms in total. The van der Waals surface area contributed by atoms with Gasteiger partial charge in [-0.2, -0.15) is 5.10 Å². The van der Waals surface area contributed by atoms with E-state index < -0.39 is 0 Å². The summed E-state index contributed by atoms with van der Waals surface area (Å²) in [7, 11) is 0. The van der Waals surface area contributed by atoms with Gasteiger partial charge in [-0.3, -0.25) is 0 Å². The van der Waals surface area contributed by atoms with E-state index in [0.717, 1.165) is 42.6 Å². The summed E-state index contributed by atoms with van der Waals surface area (Å²) in [5.74, 6) is 2.43. The topological polar surface area (TPSA) is 71.2 Å². The molecule has 4 rings (SSSR count). The molecular weight excluding hydrogens is 278 g/mol. The molecule has 1 N–H and O–H groups in total. The first-order valence-electron chi connectivity index (χ1n) is 7.37. The standard InChI is InChI=1S/C15H17N7/c1-11-2-4-15(19-18-11)21-9-12(10-21)8-17-13-3-5-14-16-6-7-22(14)20-13/h2-7,12H,8-10H2,1H3,(H,17,20). The van der Waals surface area contributed by atoms with Gasteiger partial charge in [0.2, 0.25) is 0 Å². The van der Waals surface area contributed by atoms with Crippen molar-refractivity contribution in [3.8, 4) is 0 Å². The van der Waals surface area contributed by atoms with Gasteiger partial charge in [0.1, 0.15) is 5.82 Å². The molecular formula is C15H17N7. The lowest BCUT2D eigenvalue weighted by atomic mass is 10.0. The Morgan fingerprint density at radius 2 is 2.09 bits per heavy atom. The average Bonchev–Trinajstić information content (AvgIpc) is 2.95. The fourth-order valence-corrected chi connectivity index (χ4v) is 2.60. The van der Waals surface area contributed by atoms with Crippen molar-refractivity contribution in [1.82, 2.24) is 24.8 Å². The maximum atomic E-state index is 4.46. The lowest BCUT2D eigenvalue weighted by Crippen LogP contribution is -2.50. The molecule has 3 aromatic rings. The summed E-state index contributed by atoms with van der Waals surface area (Å²) in [6.07, 6.45) is 3.60. The number of hydrogen-bond acceptors (Lipinski definition) is 6. The van der Waals surface area contributed by atoms with Crippen LogP contribution < -0.4 is 10.2 Å². The quantitative estimate of drug-likeness (QED) is 0.784. The number of anilines is 2. The van der Waals surface area contributed by atoms with Gasteiger partial charge in [0.05, 0.1) is 5.69 Å². The fourth-order valence-electron chi connectivity index (χ4n) is 2.60.